The zero-order valence-corrected chi connectivity index (χ0v) is 16.9. The van der Waals surface area contributed by atoms with E-state index in [-0.39, 0.29) is 21.9 Å². The number of benzene rings is 1. The molecule has 3 aromatic rings. The lowest BCUT2D eigenvalue weighted by Gasteiger charge is -2.04. The predicted molar refractivity (Wildman–Crippen MR) is 101 cm³/mol. The molecular formula is C16H17N5O5S2. The van der Waals surface area contributed by atoms with E-state index in [1.165, 1.54) is 29.9 Å². The van der Waals surface area contributed by atoms with Crippen LogP contribution in [0.2, 0.25) is 0 Å². The first-order valence-electron chi connectivity index (χ1n) is 7.93. The number of methoxy groups -OCH3 is 1. The van der Waals surface area contributed by atoms with E-state index in [9.17, 15) is 18.0 Å². The van der Waals surface area contributed by atoms with E-state index in [4.69, 9.17) is 9.88 Å². The molecule has 10 nitrogen and oxygen atoms in total. The minimum absolute atomic E-state index is 0.0790. The zero-order chi connectivity index (χ0) is 20.6. The fourth-order valence-electron chi connectivity index (χ4n) is 2.47. The maximum Gasteiger partial charge on any atom is 0.325 e. The smallest absolute Gasteiger partial charge is 0.325 e. The van der Waals surface area contributed by atoms with E-state index in [2.05, 4.69) is 10.1 Å². The number of aromatic nitrogens is 3. The van der Waals surface area contributed by atoms with Crippen LogP contribution >= 0.6 is 11.3 Å². The van der Waals surface area contributed by atoms with Crippen molar-refractivity contribution in [3.05, 3.63) is 40.5 Å². The fraction of sp³-hybridized carbons (Fsp3) is 0.250. The molecule has 3 rings (SSSR count). The zero-order valence-electron chi connectivity index (χ0n) is 15.2. The van der Waals surface area contributed by atoms with Crippen molar-refractivity contribution >= 4 is 43.5 Å². The Morgan fingerprint density at radius 2 is 2.04 bits per heavy atom. The van der Waals surface area contributed by atoms with E-state index in [0.29, 0.717) is 10.2 Å². The molecule has 0 unspecified atom stereocenters. The molecule has 2 aromatic heterocycles. The van der Waals surface area contributed by atoms with Crippen molar-refractivity contribution in [2.75, 3.05) is 7.11 Å². The Balaban J connectivity index is 2.19. The molecule has 148 valence electrons. The Morgan fingerprint density at radius 1 is 1.32 bits per heavy atom. The first-order valence-corrected chi connectivity index (χ1v) is 10.3. The lowest BCUT2D eigenvalue weighted by atomic mass is 10.3. The molecule has 0 radical (unpaired) electrons. The fourth-order valence-corrected chi connectivity index (χ4v) is 4.15. The van der Waals surface area contributed by atoms with Crippen LogP contribution in [-0.2, 0) is 33.1 Å². The van der Waals surface area contributed by atoms with Crippen molar-refractivity contribution < 1.29 is 22.7 Å². The van der Waals surface area contributed by atoms with Crippen LogP contribution < -0.4 is 9.94 Å². The van der Waals surface area contributed by atoms with Gasteiger partial charge in [0.05, 0.1) is 22.2 Å². The standard InChI is InChI=1S/C16H17N5O5S2/c1-9-6-11(19-20(9)2)15(23)18-16-21(8-14(22)26-3)12-5-4-10(28(17,24)25)7-13(12)27-16/h4-7H,8H2,1-3H3,(H2,17,24,25). The van der Waals surface area contributed by atoms with E-state index in [1.54, 1.807) is 24.7 Å². The van der Waals surface area contributed by atoms with Gasteiger partial charge in [-0.05, 0) is 31.2 Å². The molecular weight excluding hydrogens is 406 g/mol. The van der Waals surface area contributed by atoms with Crippen molar-refractivity contribution in [1.29, 1.82) is 0 Å². The average molecular weight is 423 g/mol. The summed E-state index contributed by atoms with van der Waals surface area (Å²) < 4.78 is 31.4. The number of fused-ring (bicyclic) bond motifs is 1. The summed E-state index contributed by atoms with van der Waals surface area (Å²) in [4.78, 5) is 28.5. The molecule has 1 aromatic carbocycles. The average Bonchev–Trinajstić information content (AvgIpc) is 3.14. The number of rotatable bonds is 4. The van der Waals surface area contributed by atoms with E-state index in [0.717, 1.165) is 17.0 Å². The second kappa shape index (κ2) is 7.30. The number of carbonyl (C=O) groups is 2. The molecule has 0 fully saturated rings. The van der Waals surface area contributed by atoms with E-state index < -0.39 is 21.9 Å². The number of aryl methyl sites for hydroxylation is 2. The number of nitrogens with zero attached hydrogens (tertiary/aromatic N) is 4. The van der Waals surface area contributed by atoms with E-state index >= 15 is 0 Å². The summed E-state index contributed by atoms with van der Waals surface area (Å²) in [5.41, 5.74) is 1.47. The maximum atomic E-state index is 12.5. The highest BCUT2D eigenvalue weighted by atomic mass is 32.2. The number of sulfonamides is 1. The number of nitrogens with two attached hydrogens (primary N) is 1. The van der Waals surface area contributed by atoms with Crippen molar-refractivity contribution in [2.24, 2.45) is 17.2 Å². The van der Waals surface area contributed by atoms with Crippen molar-refractivity contribution in [1.82, 2.24) is 14.3 Å². The number of carbonyl (C=O) groups excluding carboxylic acids is 2. The summed E-state index contributed by atoms with van der Waals surface area (Å²) >= 11 is 1.05. The van der Waals surface area contributed by atoms with Crippen molar-refractivity contribution in [3.8, 4) is 0 Å². The number of ether oxygens (including phenoxy) is 1. The number of thiazole rings is 1. The second-order valence-electron chi connectivity index (χ2n) is 5.93. The molecule has 0 aliphatic heterocycles. The van der Waals surface area contributed by atoms with Gasteiger partial charge in [-0.1, -0.05) is 11.3 Å². The first-order chi connectivity index (χ1) is 13.1. The van der Waals surface area contributed by atoms with Crippen LogP contribution in [0.5, 0.6) is 0 Å². The molecule has 28 heavy (non-hydrogen) atoms. The number of amides is 1. The lowest BCUT2D eigenvalue weighted by molar-refractivity contribution is -0.141. The topological polar surface area (TPSA) is 139 Å². The Hall–Kier alpha value is -2.83. The van der Waals surface area contributed by atoms with Crippen LogP contribution in [0.25, 0.3) is 10.2 Å². The van der Waals surface area contributed by atoms with E-state index in [1.807, 2.05) is 0 Å². The van der Waals surface area contributed by atoms with Crippen LogP contribution in [0.4, 0.5) is 0 Å². The van der Waals surface area contributed by atoms with Crippen LogP contribution in [0.15, 0.2) is 34.2 Å². The summed E-state index contributed by atoms with van der Waals surface area (Å²) in [5.74, 6) is -1.13. The Labute approximate surface area is 163 Å². The quantitative estimate of drug-likeness (QED) is 0.599. The van der Waals surface area contributed by atoms with Gasteiger partial charge in [0.25, 0.3) is 5.91 Å². The molecule has 0 saturated heterocycles. The summed E-state index contributed by atoms with van der Waals surface area (Å²) in [7, 11) is -0.947. The van der Waals surface area contributed by atoms with Crippen LogP contribution in [0, 0.1) is 6.92 Å². The molecule has 12 heteroatoms. The van der Waals surface area contributed by atoms with Crippen molar-refractivity contribution in [2.45, 2.75) is 18.4 Å². The lowest BCUT2D eigenvalue weighted by Crippen LogP contribution is -2.22. The van der Waals surface area contributed by atoms with Gasteiger partial charge in [-0.3, -0.25) is 14.3 Å². The molecule has 0 spiro atoms. The minimum atomic E-state index is -3.90. The van der Waals surface area contributed by atoms with Gasteiger partial charge in [-0.25, -0.2) is 13.6 Å². The summed E-state index contributed by atoms with van der Waals surface area (Å²) in [6, 6.07) is 5.80. The Kier molecular flexibility index (Phi) is 5.19. The molecule has 0 bridgehead atoms. The SMILES string of the molecule is COC(=O)Cn1c(=NC(=O)c2cc(C)n(C)n2)sc2cc(S(N)(=O)=O)ccc21. The molecule has 0 saturated carbocycles. The molecule has 2 heterocycles. The highest BCUT2D eigenvalue weighted by molar-refractivity contribution is 7.89. The summed E-state index contributed by atoms with van der Waals surface area (Å²) in [6.45, 7) is 1.61. The minimum Gasteiger partial charge on any atom is -0.468 e. The first kappa shape index (κ1) is 19.9. The normalized spacial score (nSPS) is 12.5. The number of hydrogen-bond acceptors (Lipinski definition) is 7. The number of esters is 1. The third kappa shape index (κ3) is 3.88. The van der Waals surface area contributed by atoms with Crippen LogP contribution in [0.3, 0.4) is 0 Å². The summed E-state index contributed by atoms with van der Waals surface area (Å²) in [6.07, 6.45) is 0. The highest BCUT2D eigenvalue weighted by Crippen LogP contribution is 2.21. The van der Waals surface area contributed by atoms with Gasteiger partial charge in [0.15, 0.2) is 10.5 Å². The van der Waals surface area contributed by atoms with Crippen LogP contribution in [-0.4, -0.2) is 41.8 Å². The monoisotopic (exact) mass is 423 g/mol. The van der Waals surface area contributed by atoms with Gasteiger partial charge in [0, 0.05) is 12.7 Å². The Morgan fingerprint density at radius 3 is 2.61 bits per heavy atom. The second-order valence-corrected chi connectivity index (χ2v) is 8.50. The largest absolute Gasteiger partial charge is 0.468 e. The number of hydrogen-bond donors (Lipinski definition) is 1. The third-order valence-corrected chi connectivity index (χ3v) is 5.98. The molecule has 0 aliphatic carbocycles. The number of primary sulfonamides is 1. The van der Waals surface area contributed by atoms with Gasteiger partial charge in [-0.2, -0.15) is 10.1 Å². The van der Waals surface area contributed by atoms with Gasteiger partial charge in [-0.15, -0.1) is 0 Å². The van der Waals surface area contributed by atoms with Gasteiger partial charge >= 0.3 is 5.97 Å². The molecule has 2 N–H and O–H groups in total. The van der Waals surface area contributed by atoms with Gasteiger partial charge in [0.2, 0.25) is 10.0 Å². The molecule has 0 aliphatic rings. The molecule has 1 amide bonds. The molecule has 0 atom stereocenters. The van der Waals surface area contributed by atoms with Gasteiger partial charge in [0.1, 0.15) is 6.54 Å². The van der Waals surface area contributed by atoms with Gasteiger partial charge < -0.3 is 9.30 Å². The van der Waals surface area contributed by atoms with Crippen molar-refractivity contribution in [3.63, 3.8) is 0 Å². The third-order valence-electron chi connectivity index (χ3n) is 4.03. The van der Waals surface area contributed by atoms with Crippen LogP contribution in [0.1, 0.15) is 16.2 Å². The predicted octanol–water partition coefficient (Wildman–Crippen LogP) is 0.306. The summed E-state index contributed by atoms with van der Waals surface area (Å²) in [5, 5.41) is 9.27. The highest BCUT2D eigenvalue weighted by Gasteiger charge is 2.16. The Bertz CT molecular complexity index is 1250. The maximum absolute atomic E-state index is 12.5.